The molecule has 9 nitrogen and oxygen atoms in total. The van der Waals surface area contributed by atoms with E-state index in [0.717, 1.165) is 15.0 Å². The maximum Gasteiger partial charge on any atom is 0.261 e. The van der Waals surface area contributed by atoms with Gasteiger partial charge in [-0.3, -0.25) is 13.8 Å². The first-order valence-electron chi connectivity index (χ1n) is 10.8. The van der Waals surface area contributed by atoms with Gasteiger partial charge in [0.25, 0.3) is 10.0 Å². The molecule has 0 aliphatic heterocycles. The number of carbonyl (C=O) groups is 1. The van der Waals surface area contributed by atoms with Gasteiger partial charge in [0.05, 0.1) is 23.4 Å². The van der Waals surface area contributed by atoms with Crippen molar-refractivity contribution in [1.29, 1.82) is 0 Å². The molecule has 0 aliphatic rings. The summed E-state index contributed by atoms with van der Waals surface area (Å²) in [5, 5.41) is 2.64. The third-order valence-corrected chi connectivity index (χ3v) is 8.19. The molecule has 0 saturated carbocycles. The molecule has 0 heterocycles. The van der Waals surface area contributed by atoms with Gasteiger partial charge in [0, 0.05) is 15.8 Å². The molecular formula is C24H26BrN3O6S2. The Balaban J connectivity index is 1.74. The summed E-state index contributed by atoms with van der Waals surface area (Å²) in [5.41, 5.74) is 1.03. The van der Waals surface area contributed by atoms with Crippen LogP contribution in [0.2, 0.25) is 0 Å². The second-order valence-corrected chi connectivity index (χ2v) is 12.2. The number of sulfonamides is 2. The Bertz CT molecular complexity index is 1410. The molecule has 1 atom stereocenters. The number of hydrogen-bond donors (Lipinski definition) is 2. The van der Waals surface area contributed by atoms with Crippen LogP contribution in [0.4, 0.5) is 17.1 Å². The summed E-state index contributed by atoms with van der Waals surface area (Å²) in [7, 11) is -7.64. The number of benzene rings is 3. The second-order valence-electron chi connectivity index (χ2n) is 7.79. The second kappa shape index (κ2) is 11.3. The van der Waals surface area contributed by atoms with Crippen molar-refractivity contribution in [3.8, 4) is 5.75 Å². The highest BCUT2D eigenvalue weighted by Crippen LogP contribution is 2.25. The van der Waals surface area contributed by atoms with E-state index in [4.69, 9.17) is 4.74 Å². The molecule has 0 radical (unpaired) electrons. The Hall–Kier alpha value is -3.09. The van der Waals surface area contributed by atoms with Gasteiger partial charge in [-0.25, -0.2) is 16.8 Å². The number of nitrogens with zero attached hydrogens (tertiary/aromatic N) is 1. The van der Waals surface area contributed by atoms with Crippen molar-refractivity contribution >= 4 is 58.9 Å². The van der Waals surface area contributed by atoms with Crippen molar-refractivity contribution in [3.63, 3.8) is 0 Å². The highest BCUT2D eigenvalue weighted by atomic mass is 79.9. The molecule has 192 valence electrons. The average Bonchev–Trinajstić information content (AvgIpc) is 2.81. The largest absolute Gasteiger partial charge is 0.494 e. The van der Waals surface area contributed by atoms with E-state index in [1.807, 2.05) is 6.92 Å². The van der Waals surface area contributed by atoms with Gasteiger partial charge in [0.15, 0.2) is 0 Å². The standard InChI is InChI=1S/C24H26BrN3O6S2/c1-4-34-22-13-11-21(12-14-22)28(35(3,30)31)17(2)24(29)26-19-9-15-23(16-10-19)36(32,33)27-20-7-5-18(25)6-8-20/h5-17,27H,4H2,1-3H3,(H,26,29)/t17-/m0/s1. The van der Waals surface area contributed by atoms with Crippen molar-refractivity contribution < 1.29 is 26.4 Å². The van der Waals surface area contributed by atoms with Crippen LogP contribution in [-0.2, 0) is 24.8 Å². The molecule has 0 saturated heterocycles. The molecule has 0 fully saturated rings. The lowest BCUT2D eigenvalue weighted by molar-refractivity contribution is -0.116. The normalized spacial score (nSPS) is 12.4. The van der Waals surface area contributed by atoms with Gasteiger partial charge in [0.1, 0.15) is 11.8 Å². The smallest absolute Gasteiger partial charge is 0.261 e. The number of carbonyl (C=O) groups excluding carboxylic acids is 1. The molecule has 0 aliphatic carbocycles. The zero-order valence-corrected chi connectivity index (χ0v) is 23.0. The van der Waals surface area contributed by atoms with Crippen LogP contribution in [0.1, 0.15) is 13.8 Å². The van der Waals surface area contributed by atoms with Crippen LogP contribution in [-0.4, -0.2) is 41.6 Å². The van der Waals surface area contributed by atoms with Crippen LogP contribution in [0, 0.1) is 0 Å². The number of amides is 1. The zero-order chi connectivity index (χ0) is 26.5. The molecule has 0 aromatic heterocycles. The first-order valence-corrected chi connectivity index (χ1v) is 14.9. The highest BCUT2D eigenvalue weighted by Gasteiger charge is 2.29. The Morgan fingerprint density at radius 1 is 0.917 bits per heavy atom. The van der Waals surface area contributed by atoms with Crippen molar-refractivity contribution in [2.75, 3.05) is 27.2 Å². The van der Waals surface area contributed by atoms with E-state index in [2.05, 4.69) is 26.0 Å². The highest BCUT2D eigenvalue weighted by molar-refractivity contribution is 9.10. The predicted octanol–water partition coefficient (Wildman–Crippen LogP) is 4.44. The van der Waals surface area contributed by atoms with E-state index >= 15 is 0 Å². The summed E-state index contributed by atoms with van der Waals surface area (Å²) in [4.78, 5) is 12.9. The lowest BCUT2D eigenvalue weighted by atomic mass is 10.2. The molecule has 0 unspecified atom stereocenters. The van der Waals surface area contributed by atoms with Crippen LogP contribution >= 0.6 is 15.9 Å². The molecule has 3 aromatic rings. The minimum atomic E-state index is -3.84. The van der Waals surface area contributed by atoms with E-state index in [-0.39, 0.29) is 4.90 Å². The fourth-order valence-electron chi connectivity index (χ4n) is 3.36. The van der Waals surface area contributed by atoms with Gasteiger partial charge in [0.2, 0.25) is 15.9 Å². The summed E-state index contributed by atoms with van der Waals surface area (Å²) >= 11 is 3.30. The summed E-state index contributed by atoms with van der Waals surface area (Å²) in [6.07, 6.45) is 1.02. The zero-order valence-electron chi connectivity index (χ0n) is 19.8. The third kappa shape index (κ3) is 6.99. The Morgan fingerprint density at radius 2 is 1.47 bits per heavy atom. The summed E-state index contributed by atoms with van der Waals surface area (Å²) in [6, 6.07) is 17.5. The molecule has 36 heavy (non-hydrogen) atoms. The Morgan fingerprint density at radius 3 is 2.00 bits per heavy atom. The Labute approximate surface area is 219 Å². The van der Waals surface area contributed by atoms with Crippen LogP contribution < -0.4 is 19.1 Å². The molecule has 3 aromatic carbocycles. The van der Waals surface area contributed by atoms with Gasteiger partial charge in [-0.05, 0) is 86.6 Å². The molecule has 1 amide bonds. The first kappa shape index (κ1) is 27.5. The van der Waals surface area contributed by atoms with E-state index in [1.165, 1.54) is 31.2 Å². The fraction of sp³-hybridized carbons (Fsp3) is 0.208. The SMILES string of the molecule is CCOc1ccc(N([C@@H](C)C(=O)Nc2ccc(S(=O)(=O)Nc3ccc(Br)cc3)cc2)S(C)(=O)=O)cc1. The van der Waals surface area contributed by atoms with Crippen molar-refractivity contribution in [2.24, 2.45) is 0 Å². The van der Waals surface area contributed by atoms with Crippen molar-refractivity contribution in [1.82, 2.24) is 0 Å². The van der Waals surface area contributed by atoms with Crippen LogP contribution in [0.25, 0.3) is 0 Å². The average molecular weight is 597 g/mol. The van der Waals surface area contributed by atoms with E-state index in [0.29, 0.717) is 29.4 Å². The van der Waals surface area contributed by atoms with E-state index < -0.39 is 32.0 Å². The lowest BCUT2D eigenvalue weighted by Crippen LogP contribution is -2.45. The minimum Gasteiger partial charge on any atom is -0.494 e. The molecule has 0 spiro atoms. The predicted molar refractivity (Wildman–Crippen MR) is 144 cm³/mol. The van der Waals surface area contributed by atoms with Crippen LogP contribution in [0.3, 0.4) is 0 Å². The summed E-state index contributed by atoms with van der Waals surface area (Å²) < 4.78 is 60.0. The molecule has 3 rings (SSSR count). The van der Waals surface area contributed by atoms with Gasteiger partial charge in [-0.15, -0.1) is 0 Å². The van der Waals surface area contributed by atoms with Crippen LogP contribution in [0.5, 0.6) is 5.75 Å². The topological polar surface area (TPSA) is 122 Å². The van der Waals surface area contributed by atoms with Gasteiger partial charge < -0.3 is 10.1 Å². The van der Waals surface area contributed by atoms with E-state index in [1.54, 1.807) is 48.5 Å². The Kier molecular flexibility index (Phi) is 8.64. The summed E-state index contributed by atoms with van der Waals surface area (Å²) in [6.45, 7) is 3.77. The number of halogens is 1. The van der Waals surface area contributed by atoms with Crippen LogP contribution in [0.15, 0.2) is 82.2 Å². The maximum atomic E-state index is 12.9. The quantitative estimate of drug-likeness (QED) is 0.357. The lowest BCUT2D eigenvalue weighted by Gasteiger charge is -2.28. The number of rotatable bonds is 10. The summed E-state index contributed by atoms with van der Waals surface area (Å²) in [5.74, 6) is -0.00521. The van der Waals surface area contributed by atoms with Gasteiger partial charge >= 0.3 is 0 Å². The molecular weight excluding hydrogens is 570 g/mol. The van der Waals surface area contributed by atoms with E-state index in [9.17, 15) is 21.6 Å². The minimum absolute atomic E-state index is 0.00335. The van der Waals surface area contributed by atoms with Gasteiger partial charge in [-0.1, -0.05) is 15.9 Å². The van der Waals surface area contributed by atoms with Crippen molar-refractivity contribution in [3.05, 3.63) is 77.3 Å². The maximum absolute atomic E-state index is 12.9. The number of nitrogens with one attached hydrogen (secondary N) is 2. The molecule has 12 heteroatoms. The number of anilines is 3. The van der Waals surface area contributed by atoms with Crippen molar-refractivity contribution in [2.45, 2.75) is 24.8 Å². The number of hydrogen-bond acceptors (Lipinski definition) is 6. The third-order valence-electron chi connectivity index (χ3n) is 5.02. The fourth-order valence-corrected chi connectivity index (χ4v) is 5.86. The first-order chi connectivity index (χ1) is 16.9. The monoisotopic (exact) mass is 595 g/mol. The number of ether oxygens (including phenoxy) is 1. The molecule has 0 bridgehead atoms. The molecule has 2 N–H and O–H groups in total. The van der Waals surface area contributed by atoms with Gasteiger partial charge in [-0.2, -0.15) is 0 Å².